The Morgan fingerprint density at radius 2 is 2.12 bits per heavy atom. The van der Waals surface area contributed by atoms with Crippen molar-refractivity contribution in [2.45, 2.75) is 25.5 Å². The predicted octanol–water partition coefficient (Wildman–Crippen LogP) is -1.65. The summed E-state index contributed by atoms with van der Waals surface area (Å²) in [4.78, 5) is 24.8. The normalized spacial score (nSPS) is 27.9. The zero-order chi connectivity index (χ0) is 12.6. The van der Waals surface area contributed by atoms with Crippen LogP contribution in [0.5, 0.6) is 0 Å². The number of aliphatic hydroxyl groups excluding tert-OH is 1. The van der Waals surface area contributed by atoms with E-state index in [1.807, 2.05) is 0 Å². The molecule has 2 fully saturated rings. The van der Waals surface area contributed by atoms with E-state index in [1.165, 1.54) is 4.90 Å². The molecule has 0 bridgehead atoms. The number of primary amides is 1. The van der Waals surface area contributed by atoms with E-state index in [1.54, 1.807) is 6.92 Å². The summed E-state index contributed by atoms with van der Waals surface area (Å²) in [5.41, 5.74) is 6.95. The Bertz CT molecular complexity index is 385. The van der Waals surface area contributed by atoms with Gasteiger partial charge in [0.05, 0.1) is 6.10 Å². The van der Waals surface area contributed by atoms with Gasteiger partial charge < -0.3 is 21.1 Å². The van der Waals surface area contributed by atoms with Crippen molar-refractivity contribution in [3.63, 3.8) is 0 Å². The molecule has 6 heteroatoms. The lowest BCUT2D eigenvalue weighted by Gasteiger charge is -2.26. The number of likely N-dealkylation sites (tertiary alicyclic amines) is 1. The summed E-state index contributed by atoms with van der Waals surface area (Å²) in [5.74, 6) is -0.749. The maximum Gasteiger partial charge on any atom is 0.250 e. The van der Waals surface area contributed by atoms with Gasteiger partial charge >= 0.3 is 0 Å². The third kappa shape index (κ3) is 2.18. The SMILES string of the molecule is CC(C(=O)N1CC(O)CC1C(N)=O)=C1CNC1. The Morgan fingerprint density at radius 1 is 1.47 bits per heavy atom. The van der Waals surface area contributed by atoms with Gasteiger partial charge in [0, 0.05) is 31.6 Å². The van der Waals surface area contributed by atoms with Crippen molar-refractivity contribution in [1.29, 1.82) is 0 Å². The smallest absolute Gasteiger partial charge is 0.250 e. The van der Waals surface area contributed by atoms with E-state index in [-0.39, 0.29) is 18.9 Å². The molecule has 0 aliphatic carbocycles. The van der Waals surface area contributed by atoms with Crippen LogP contribution in [0, 0.1) is 0 Å². The lowest BCUT2D eigenvalue weighted by Crippen LogP contribution is -2.45. The predicted molar refractivity (Wildman–Crippen MR) is 60.9 cm³/mol. The minimum atomic E-state index is -0.680. The number of nitrogens with two attached hydrogens (primary N) is 1. The van der Waals surface area contributed by atoms with Gasteiger partial charge in [0.2, 0.25) is 11.8 Å². The number of carbonyl (C=O) groups is 2. The first-order valence-electron chi connectivity index (χ1n) is 5.68. The summed E-state index contributed by atoms with van der Waals surface area (Å²) < 4.78 is 0. The first-order valence-corrected chi connectivity index (χ1v) is 5.68. The molecule has 4 N–H and O–H groups in total. The molecule has 0 spiro atoms. The summed E-state index contributed by atoms with van der Waals surface area (Å²) in [6.07, 6.45) is -0.421. The molecular weight excluding hydrogens is 222 g/mol. The first kappa shape index (κ1) is 12.1. The molecule has 6 nitrogen and oxygen atoms in total. The number of aliphatic hydroxyl groups is 1. The summed E-state index contributed by atoms with van der Waals surface area (Å²) in [6.45, 7) is 3.37. The largest absolute Gasteiger partial charge is 0.391 e. The number of nitrogens with one attached hydrogen (secondary N) is 1. The minimum Gasteiger partial charge on any atom is -0.391 e. The Kier molecular flexibility index (Phi) is 3.17. The average molecular weight is 239 g/mol. The maximum absolute atomic E-state index is 12.2. The van der Waals surface area contributed by atoms with Gasteiger partial charge in [0.15, 0.2) is 0 Å². The Balaban J connectivity index is 2.15. The van der Waals surface area contributed by atoms with Gasteiger partial charge in [0.1, 0.15) is 6.04 Å². The Morgan fingerprint density at radius 3 is 2.59 bits per heavy atom. The van der Waals surface area contributed by atoms with Crippen LogP contribution in [-0.2, 0) is 9.59 Å². The minimum absolute atomic E-state index is 0.185. The molecule has 0 aromatic carbocycles. The fourth-order valence-corrected chi connectivity index (χ4v) is 2.19. The van der Waals surface area contributed by atoms with Gasteiger partial charge in [0.25, 0.3) is 0 Å². The monoisotopic (exact) mass is 239 g/mol. The summed E-state index contributed by atoms with van der Waals surface area (Å²) in [5, 5.41) is 12.6. The van der Waals surface area contributed by atoms with E-state index in [0.717, 1.165) is 18.7 Å². The molecule has 0 aromatic heterocycles. The molecule has 2 unspecified atom stereocenters. The molecule has 2 heterocycles. The number of rotatable bonds is 2. The van der Waals surface area contributed by atoms with Gasteiger partial charge in [-0.15, -0.1) is 0 Å². The summed E-state index contributed by atoms with van der Waals surface area (Å²) in [6, 6.07) is -0.680. The van der Waals surface area contributed by atoms with E-state index in [0.29, 0.717) is 5.57 Å². The summed E-state index contributed by atoms with van der Waals surface area (Å²) >= 11 is 0. The van der Waals surface area contributed by atoms with Crippen molar-refractivity contribution in [1.82, 2.24) is 10.2 Å². The number of carbonyl (C=O) groups excluding carboxylic acids is 2. The van der Waals surface area contributed by atoms with Crippen molar-refractivity contribution in [2.24, 2.45) is 5.73 Å². The second kappa shape index (κ2) is 4.46. The molecule has 2 aliphatic rings. The van der Waals surface area contributed by atoms with Crippen molar-refractivity contribution in [3.05, 3.63) is 11.1 Å². The van der Waals surface area contributed by atoms with E-state index in [4.69, 9.17) is 5.73 Å². The van der Waals surface area contributed by atoms with Crippen LogP contribution in [0.15, 0.2) is 11.1 Å². The van der Waals surface area contributed by atoms with Crippen LogP contribution in [0.3, 0.4) is 0 Å². The second-order valence-corrected chi connectivity index (χ2v) is 4.60. The number of nitrogens with zero attached hydrogens (tertiary/aromatic N) is 1. The molecule has 0 aromatic rings. The molecular formula is C11H17N3O3. The van der Waals surface area contributed by atoms with Gasteiger partial charge in [-0.05, 0) is 12.5 Å². The third-order valence-electron chi connectivity index (χ3n) is 3.40. The number of β-amino-alcohol motifs (C(OH)–C–C–N with tert-alkyl or cyclic N) is 1. The van der Waals surface area contributed by atoms with Crippen LogP contribution in [-0.4, -0.2) is 53.6 Å². The second-order valence-electron chi connectivity index (χ2n) is 4.60. The highest BCUT2D eigenvalue weighted by atomic mass is 16.3. The topological polar surface area (TPSA) is 95.7 Å². The molecule has 2 aliphatic heterocycles. The van der Waals surface area contributed by atoms with Crippen molar-refractivity contribution in [3.8, 4) is 0 Å². The highest BCUT2D eigenvalue weighted by molar-refractivity contribution is 5.97. The summed E-state index contributed by atoms with van der Waals surface area (Å²) in [7, 11) is 0. The molecule has 2 amide bonds. The van der Waals surface area contributed by atoms with Crippen LogP contribution < -0.4 is 11.1 Å². The highest BCUT2D eigenvalue weighted by Crippen LogP contribution is 2.21. The molecule has 2 rings (SSSR count). The van der Waals surface area contributed by atoms with Crippen molar-refractivity contribution < 1.29 is 14.7 Å². The standard InChI is InChI=1S/C11H17N3O3/c1-6(7-3-13-4-7)11(17)14-5-8(15)2-9(14)10(12)16/h8-9,13,15H,2-5H2,1H3,(H2,12,16). The molecule has 0 radical (unpaired) electrons. The lowest BCUT2D eigenvalue weighted by atomic mass is 10.0. The number of hydrogen-bond acceptors (Lipinski definition) is 4. The third-order valence-corrected chi connectivity index (χ3v) is 3.40. The van der Waals surface area contributed by atoms with Gasteiger partial charge in [-0.25, -0.2) is 0 Å². The van der Waals surface area contributed by atoms with Crippen LogP contribution in [0.2, 0.25) is 0 Å². The average Bonchev–Trinajstić information content (AvgIpc) is 2.56. The lowest BCUT2D eigenvalue weighted by molar-refractivity contribution is -0.134. The maximum atomic E-state index is 12.2. The molecule has 94 valence electrons. The van der Waals surface area contributed by atoms with Gasteiger partial charge in [-0.1, -0.05) is 0 Å². The molecule has 0 saturated carbocycles. The van der Waals surface area contributed by atoms with Crippen molar-refractivity contribution >= 4 is 11.8 Å². The van der Waals surface area contributed by atoms with Crippen LogP contribution in [0.4, 0.5) is 0 Å². The van der Waals surface area contributed by atoms with E-state index in [9.17, 15) is 14.7 Å². The van der Waals surface area contributed by atoms with Crippen LogP contribution in [0.1, 0.15) is 13.3 Å². The van der Waals surface area contributed by atoms with Gasteiger partial charge in [-0.3, -0.25) is 9.59 Å². The number of hydrogen-bond donors (Lipinski definition) is 3. The van der Waals surface area contributed by atoms with Crippen LogP contribution >= 0.6 is 0 Å². The van der Waals surface area contributed by atoms with E-state index >= 15 is 0 Å². The zero-order valence-corrected chi connectivity index (χ0v) is 9.77. The van der Waals surface area contributed by atoms with E-state index in [2.05, 4.69) is 5.32 Å². The van der Waals surface area contributed by atoms with Crippen molar-refractivity contribution in [2.75, 3.05) is 19.6 Å². The van der Waals surface area contributed by atoms with Gasteiger partial charge in [-0.2, -0.15) is 0 Å². The first-order chi connectivity index (χ1) is 8.00. The Hall–Kier alpha value is -1.40. The van der Waals surface area contributed by atoms with E-state index < -0.39 is 18.1 Å². The Labute approximate surface area is 99.5 Å². The highest BCUT2D eigenvalue weighted by Gasteiger charge is 2.38. The number of amides is 2. The fourth-order valence-electron chi connectivity index (χ4n) is 2.19. The quantitative estimate of drug-likeness (QED) is 0.503. The van der Waals surface area contributed by atoms with Crippen LogP contribution in [0.25, 0.3) is 0 Å². The molecule has 2 saturated heterocycles. The zero-order valence-electron chi connectivity index (χ0n) is 9.77. The fraction of sp³-hybridized carbons (Fsp3) is 0.636. The molecule has 17 heavy (non-hydrogen) atoms. The molecule has 2 atom stereocenters.